The van der Waals surface area contributed by atoms with E-state index in [9.17, 15) is 18.0 Å². The Bertz CT molecular complexity index is 1280. The number of carbonyl (C=O) groups is 1. The van der Waals surface area contributed by atoms with Gasteiger partial charge in [-0.05, 0) is 58.8 Å². The largest absolute Gasteiger partial charge is 0.497 e. The molecule has 0 atom stereocenters. The molecule has 0 aliphatic carbocycles. The number of hydrogen-bond donors (Lipinski definition) is 1. The standard InChI is InChI=1S/C23H17ClF3N3O2/c1-32-19-9-4-15-10-14(2-3-16(15)11-19)12-28-22(31)20-13-29-30(21(20)23(25,26)27)18-7-5-17(24)6-8-18/h2-11,13H,12H2,1H3,(H,28,31). The first kappa shape index (κ1) is 21.7. The molecule has 0 saturated carbocycles. The maximum atomic E-state index is 13.8. The molecule has 5 nitrogen and oxygen atoms in total. The molecule has 1 heterocycles. The van der Waals surface area contributed by atoms with Gasteiger partial charge >= 0.3 is 6.18 Å². The van der Waals surface area contributed by atoms with Crippen LogP contribution in [0.3, 0.4) is 0 Å². The molecule has 0 aliphatic heterocycles. The molecule has 164 valence electrons. The van der Waals surface area contributed by atoms with E-state index in [4.69, 9.17) is 16.3 Å². The van der Waals surface area contributed by atoms with E-state index >= 15 is 0 Å². The predicted octanol–water partition coefficient (Wildman–Crippen LogP) is 5.64. The van der Waals surface area contributed by atoms with Gasteiger partial charge in [-0.25, -0.2) is 4.68 Å². The molecule has 1 amide bonds. The predicted molar refractivity (Wildman–Crippen MR) is 115 cm³/mol. The third kappa shape index (κ3) is 4.40. The third-order valence-corrected chi connectivity index (χ3v) is 5.17. The van der Waals surface area contributed by atoms with Gasteiger partial charge in [0.1, 0.15) is 5.75 Å². The minimum absolute atomic E-state index is 0.0597. The summed E-state index contributed by atoms with van der Waals surface area (Å²) >= 11 is 5.81. The number of rotatable bonds is 5. The lowest BCUT2D eigenvalue weighted by molar-refractivity contribution is -0.143. The Morgan fingerprint density at radius 3 is 2.44 bits per heavy atom. The van der Waals surface area contributed by atoms with Crippen LogP contribution in [-0.2, 0) is 12.7 Å². The highest BCUT2D eigenvalue weighted by molar-refractivity contribution is 6.30. The summed E-state index contributed by atoms with van der Waals surface area (Å²) in [6.07, 6.45) is -3.87. The number of nitrogens with zero attached hydrogens (tertiary/aromatic N) is 2. The van der Waals surface area contributed by atoms with Gasteiger partial charge in [0.05, 0.1) is 24.6 Å². The highest BCUT2D eigenvalue weighted by atomic mass is 35.5. The fourth-order valence-corrected chi connectivity index (χ4v) is 3.48. The van der Waals surface area contributed by atoms with Gasteiger partial charge in [0.2, 0.25) is 0 Å². The van der Waals surface area contributed by atoms with Gasteiger partial charge in [-0.2, -0.15) is 18.3 Å². The van der Waals surface area contributed by atoms with Crippen LogP contribution in [0.25, 0.3) is 16.5 Å². The monoisotopic (exact) mass is 459 g/mol. The van der Waals surface area contributed by atoms with Crippen molar-refractivity contribution in [1.82, 2.24) is 15.1 Å². The quantitative estimate of drug-likeness (QED) is 0.420. The van der Waals surface area contributed by atoms with Crippen molar-refractivity contribution < 1.29 is 22.7 Å². The fraction of sp³-hybridized carbons (Fsp3) is 0.130. The Morgan fingerprint density at radius 2 is 1.75 bits per heavy atom. The lowest BCUT2D eigenvalue weighted by Gasteiger charge is -2.13. The van der Waals surface area contributed by atoms with Gasteiger partial charge in [-0.15, -0.1) is 0 Å². The van der Waals surface area contributed by atoms with E-state index in [-0.39, 0.29) is 12.2 Å². The molecule has 0 bridgehead atoms. The van der Waals surface area contributed by atoms with E-state index in [1.165, 1.54) is 24.3 Å². The van der Waals surface area contributed by atoms with E-state index in [0.717, 1.165) is 28.3 Å². The summed E-state index contributed by atoms with van der Waals surface area (Å²) in [6.45, 7) is 0.0597. The Morgan fingerprint density at radius 1 is 1.06 bits per heavy atom. The van der Waals surface area contributed by atoms with E-state index in [1.807, 2.05) is 30.3 Å². The maximum absolute atomic E-state index is 13.8. The Kier molecular flexibility index (Phi) is 5.80. The average Bonchev–Trinajstić information content (AvgIpc) is 3.23. The van der Waals surface area contributed by atoms with Gasteiger partial charge in [-0.1, -0.05) is 29.8 Å². The topological polar surface area (TPSA) is 56.1 Å². The molecule has 1 N–H and O–H groups in total. The van der Waals surface area contributed by atoms with Crippen LogP contribution in [0.15, 0.2) is 66.9 Å². The van der Waals surface area contributed by atoms with Crippen molar-refractivity contribution in [3.8, 4) is 11.4 Å². The van der Waals surface area contributed by atoms with Crippen molar-refractivity contribution in [2.24, 2.45) is 0 Å². The molecule has 0 spiro atoms. The van der Waals surface area contributed by atoms with Crippen LogP contribution in [0.1, 0.15) is 21.6 Å². The number of halogens is 4. The highest BCUT2D eigenvalue weighted by Crippen LogP contribution is 2.34. The summed E-state index contributed by atoms with van der Waals surface area (Å²) in [5.74, 6) is -0.150. The number of aromatic nitrogens is 2. The molecule has 0 radical (unpaired) electrons. The van der Waals surface area contributed by atoms with Gasteiger partial charge in [0, 0.05) is 11.6 Å². The molecule has 0 unspecified atom stereocenters. The molecular weight excluding hydrogens is 443 g/mol. The summed E-state index contributed by atoms with van der Waals surface area (Å²) in [7, 11) is 1.58. The molecule has 0 fully saturated rings. The summed E-state index contributed by atoms with van der Waals surface area (Å²) in [5, 5.41) is 8.59. The van der Waals surface area contributed by atoms with Crippen LogP contribution in [0.5, 0.6) is 5.75 Å². The fourth-order valence-electron chi connectivity index (χ4n) is 3.35. The minimum Gasteiger partial charge on any atom is -0.497 e. The molecule has 9 heteroatoms. The zero-order valence-corrected chi connectivity index (χ0v) is 17.5. The lowest BCUT2D eigenvalue weighted by atomic mass is 10.1. The number of nitrogens with one attached hydrogen (secondary N) is 1. The van der Waals surface area contributed by atoms with Crippen molar-refractivity contribution in [3.05, 3.63) is 88.7 Å². The number of ether oxygens (including phenoxy) is 1. The maximum Gasteiger partial charge on any atom is 0.434 e. The second kappa shape index (κ2) is 8.55. The van der Waals surface area contributed by atoms with E-state index < -0.39 is 23.3 Å². The van der Waals surface area contributed by atoms with Crippen molar-refractivity contribution in [1.29, 1.82) is 0 Å². The van der Waals surface area contributed by atoms with Crippen LogP contribution in [0.4, 0.5) is 13.2 Å². The van der Waals surface area contributed by atoms with Crippen molar-refractivity contribution in [2.75, 3.05) is 7.11 Å². The lowest BCUT2D eigenvalue weighted by Crippen LogP contribution is -2.26. The van der Waals surface area contributed by atoms with Crippen molar-refractivity contribution in [2.45, 2.75) is 12.7 Å². The first-order chi connectivity index (χ1) is 15.3. The number of carbonyl (C=O) groups excluding carboxylic acids is 1. The first-order valence-corrected chi connectivity index (χ1v) is 9.90. The average molecular weight is 460 g/mol. The van der Waals surface area contributed by atoms with Gasteiger partial charge in [-0.3, -0.25) is 4.79 Å². The molecule has 1 aromatic heterocycles. The summed E-state index contributed by atoms with van der Waals surface area (Å²) in [5.41, 5.74) is -0.818. The zero-order chi connectivity index (χ0) is 22.9. The van der Waals surface area contributed by atoms with Crippen LogP contribution in [0.2, 0.25) is 5.02 Å². The number of fused-ring (bicyclic) bond motifs is 1. The smallest absolute Gasteiger partial charge is 0.434 e. The van der Waals surface area contributed by atoms with Crippen molar-refractivity contribution >= 4 is 28.3 Å². The molecule has 32 heavy (non-hydrogen) atoms. The molecule has 3 aromatic carbocycles. The molecule has 4 rings (SSSR count). The molecule has 0 saturated heterocycles. The van der Waals surface area contributed by atoms with Crippen LogP contribution >= 0.6 is 11.6 Å². The Labute approximate surface area is 186 Å². The van der Waals surface area contributed by atoms with E-state index in [1.54, 1.807) is 13.2 Å². The number of amides is 1. The molecular formula is C23H17ClF3N3O2. The summed E-state index contributed by atoms with van der Waals surface area (Å²) in [4.78, 5) is 12.6. The number of alkyl halides is 3. The van der Waals surface area contributed by atoms with Gasteiger partial charge in [0.15, 0.2) is 5.69 Å². The van der Waals surface area contributed by atoms with E-state index in [0.29, 0.717) is 9.70 Å². The normalized spacial score (nSPS) is 11.5. The van der Waals surface area contributed by atoms with Crippen molar-refractivity contribution in [3.63, 3.8) is 0 Å². The van der Waals surface area contributed by atoms with Crippen LogP contribution < -0.4 is 10.1 Å². The Hall–Kier alpha value is -3.52. The molecule has 0 aliphatic rings. The summed E-state index contributed by atoms with van der Waals surface area (Å²) in [6, 6.07) is 16.8. The number of methoxy groups -OCH3 is 1. The first-order valence-electron chi connectivity index (χ1n) is 9.52. The van der Waals surface area contributed by atoms with Gasteiger partial charge < -0.3 is 10.1 Å². The Balaban J connectivity index is 1.58. The second-order valence-corrected chi connectivity index (χ2v) is 7.46. The minimum atomic E-state index is -4.79. The zero-order valence-electron chi connectivity index (χ0n) is 16.8. The number of benzene rings is 3. The summed E-state index contributed by atoms with van der Waals surface area (Å²) < 4.78 is 47.3. The van der Waals surface area contributed by atoms with Gasteiger partial charge in [0.25, 0.3) is 5.91 Å². The number of hydrogen-bond acceptors (Lipinski definition) is 3. The third-order valence-electron chi connectivity index (χ3n) is 4.92. The SMILES string of the molecule is COc1ccc2cc(CNC(=O)c3cnn(-c4ccc(Cl)cc4)c3C(F)(F)F)ccc2c1. The molecule has 4 aromatic rings. The van der Waals surface area contributed by atoms with E-state index in [2.05, 4.69) is 10.4 Å². The highest BCUT2D eigenvalue weighted by Gasteiger charge is 2.40. The van der Waals surface area contributed by atoms with Crippen LogP contribution in [0, 0.1) is 0 Å². The van der Waals surface area contributed by atoms with Crippen LogP contribution in [-0.4, -0.2) is 22.8 Å². The second-order valence-electron chi connectivity index (χ2n) is 7.02.